The molecule has 4 nitrogen and oxygen atoms in total. The second-order valence-electron chi connectivity index (χ2n) is 2.78. The Morgan fingerprint density at radius 3 is 2.71 bits per heavy atom. The van der Waals surface area contributed by atoms with Gasteiger partial charge in [-0.05, 0) is 30.7 Å². The van der Waals surface area contributed by atoms with Crippen molar-refractivity contribution in [1.29, 1.82) is 0 Å². The van der Waals surface area contributed by atoms with Crippen molar-refractivity contribution in [2.75, 3.05) is 7.05 Å². The van der Waals surface area contributed by atoms with E-state index in [2.05, 4.69) is 10.3 Å². The molecular formula is C10H10N2O2. The zero-order chi connectivity index (χ0) is 10.6. The Kier molecular flexibility index (Phi) is 3.15. The van der Waals surface area contributed by atoms with Gasteiger partial charge in [0, 0.05) is 12.6 Å². The summed E-state index contributed by atoms with van der Waals surface area (Å²) >= 11 is 0. The monoisotopic (exact) mass is 190 g/mol. The standard InChI is InChI=1S/C10H10N2O2/c1-7-5-8(10(14)11-2)3-4-9(7)12-6-13/h3-5H,1-2H3,(H,11,14). The highest BCUT2D eigenvalue weighted by molar-refractivity contribution is 5.94. The molecule has 0 aliphatic carbocycles. The highest BCUT2D eigenvalue weighted by atomic mass is 16.1. The van der Waals surface area contributed by atoms with E-state index in [0.717, 1.165) is 5.56 Å². The van der Waals surface area contributed by atoms with Crippen LogP contribution in [-0.2, 0) is 4.79 Å². The Balaban J connectivity index is 3.12. The second kappa shape index (κ2) is 4.35. The van der Waals surface area contributed by atoms with E-state index in [0.29, 0.717) is 11.3 Å². The summed E-state index contributed by atoms with van der Waals surface area (Å²) in [6.45, 7) is 1.78. The number of hydrogen-bond donors (Lipinski definition) is 1. The average Bonchev–Trinajstić information content (AvgIpc) is 2.20. The van der Waals surface area contributed by atoms with Crippen molar-refractivity contribution in [3.63, 3.8) is 0 Å². The summed E-state index contributed by atoms with van der Waals surface area (Å²) < 4.78 is 0. The number of carbonyl (C=O) groups excluding carboxylic acids is 2. The van der Waals surface area contributed by atoms with Crippen molar-refractivity contribution in [1.82, 2.24) is 5.32 Å². The average molecular weight is 190 g/mol. The summed E-state index contributed by atoms with van der Waals surface area (Å²) in [5.41, 5.74) is 1.86. The molecule has 1 aromatic rings. The maximum Gasteiger partial charge on any atom is 0.251 e. The number of aryl methyl sites for hydroxylation is 1. The van der Waals surface area contributed by atoms with Crippen molar-refractivity contribution in [2.45, 2.75) is 6.92 Å². The molecule has 0 saturated heterocycles. The second-order valence-corrected chi connectivity index (χ2v) is 2.78. The minimum absolute atomic E-state index is 0.158. The molecule has 0 spiro atoms. The zero-order valence-corrected chi connectivity index (χ0v) is 8.00. The van der Waals surface area contributed by atoms with Gasteiger partial charge in [-0.2, -0.15) is 4.99 Å². The molecule has 0 fully saturated rings. The number of aliphatic imine (C=N–C) groups is 1. The van der Waals surface area contributed by atoms with Crippen LogP contribution in [0.3, 0.4) is 0 Å². The van der Waals surface area contributed by atoms with Gasteiger partial charge in [0.15, 0.2) is 0 Å². The van der Waals surface area contributed by atoms with Gasteiger partial charge in [0.05, 0.1) is 5.69 Å². The summed E-state index contributed by atoms with van der Waals surface area (Å²) in [4.78, 5) is 24.7. The third-order valence-electron chi connectivity index (χ3n) is 1.85. The zero-order valence-electron chi connectivity index (χ0n) is 8.00. The molecule has 0 aliphatic heterocycles. The summed E-state index contributed by atoms with van der Waals surface area (Å²) in [5, 5.41) is 2.51. The highest BCUT2D eigenvalue weighted by Gasteiger charge is 2.04. The summed E-state index contributed by atoms with van der Waals surface area (Å²) in [5.74, 6) is -0.158. The largest absolute Gasteiger partial charge is 0.355 e. The van der Waals surface area contributed by atoms with Crippen molar-refractivity contribution in [2.24, 2.45) is 4.99 Å². The van der Waals surface area contributed by atoms with Crippen LogP contribution in [0.4, 0.5) is 5.69 Å². The molecule has 0 heterocycles. The molecule has 1 N–H and O–H groups in total. The lowest BCUT2D eigenvalue weighted by Gasteiger charge is -2.02. The molecule has 1 amide bonds. The summed E-state index contributed by atoms with van der Waals surface area (Å²) in [7, 11) is 1.56. The molecule has 0 radical (unpaired) electrons. The van der Waals surface area contributed by atoms with Gasteiger partial charge in [0.2, 0.25) is 6.08 Å². The van der Waals surface area contributed by atoms with Crippen LogP contribution in [0, 0.1) is 6.92 Å². The lowest BCUT2D eigenvalue weighted by Crippen LogP contribution is -2.17. The first-order valence-corrected chi connectivity index (χ1v) is 4.09. The van der Waals surface area contributed by atoms with Crippen LogP contribution in [0.25, 0.3) is 0 Å². The maximum absolute atomic E-state index is 11.2. The van der Waals surface area contributed by atoms with E-state index in [9.17, 15) is 9.59 Å². The van der Waals surface area contributed by atoms with Gasteiger partial charge in [-0.15, -0.1) is 0 Å². The normalized spacial score (nSPS) is 9.00. The predicted molar refractivity (Wildman–Crippen MR) is 52.4 cm³/mol. The van der Waals surface area contributed by atoms with E-state index in [1.54, 1.807) is 32.2 Å². The highest BCUT2D eigenvalue weighted by Crippen LogP contribution is 2.18. The summed E-state index contributed by atoms with van der Waals surface area (Å²) in [6, 6.07) is 4.90. The first-order valence-electron chi connectivity index (χ1n) is 4.09. The van der Waals surface area contributed by atoms with Gasteiger partial charge < -0.3 is 5.32 Å². The molecule has 0 atom stereocenters. The fraction of sp³-hybridized carbons (Fsp3) is 0.200. The molecule has 72 valence electrons. The third-order valence-corrected chi connectivity index (χ3v) is 1.85. The van der Waals surface area contributed by atoms with Crippen LogP contribution < -0.4 is 5.32 Å². The topological polar surface area (TPSA) is 58.5 Å². The van der Waals surface area contributed by atoms with Gasteiger partial charge in [-0.25, -0.2) is 4.79 Å². The number of nitrogens with zero attached hydrogens (tertiary/aromatic N) is 1. The van der Waals surface area contributed by atoms with Crippen molar-refractivity contribution in [3.8, 4) is 0 Å². The van der Waals surface area contributed by atoms with Gasteiger partial charge >= 0.3 is 0 Å². The number of rotatable bonds is 2. The number of nitrogens with one attached hydrogen (secondary N) is 1. The Hall–Kier alpha value is -1.93. The van der Waals surface area contributed by atoms with E-state index in [1.165, 1.54) is 6.08 Å². The molecule has 4 heteroatoms. The van der Waals surface area contributed by atoms with Crippen molar-refractivity contribution >= 4 is 17.7 Å². The van der Waals surface area contributed by atoms with Crippen LogP contribution in [0.5, 0.6) is 0 Å². The van der Waals surface area contributed by atoms with E-state index >= 15 is 0 Å². The summed E-state index contributed by atoms with van der Waals surface area (Å²) in [6.07, 6.45) is 1.46. The molecule has 1 aromatic carbocycles. The van der Waals surface area contributed by atoms with E-state index in [4.69, 9.17) is 0 Å². The van der Waals surface area contributed by atoms with Gasteiger partial charge in [0.25, 0.3) is 5.91 Å². The van der Waals surface area contributed by atoms with E-state index in [-0.39, 0.29) is 5.91 Å². The Morgan fingerprint density at radius 2 is 2.21 bits per heavy atom. The van der Waals surface area contributed by atoms with Gasteiger partial charge in [-0.1, -0.05) is 0 Å². The molecule has 0 saturated carbocycles. The van der Waals surface area contributed by atoms with Crippen LogP contribution in [0.15, 0.2) is 23.2 Å². The van der Waals surface area contributed by atoms with E-state index in [1.807, 2.05) is 0 Å². The number of hydrogen-bond acceptors (Lipinski definition) is 3. The molecule has 0 bridgehead atoms. The van der Waals surface area contributed by atoms with Gasteiger partial charge in [0.1, 0.15) is 0 Å². The van der Waals surface area contributed by atoms with Crippen molar-refractivity contribution < 1.29 is 9.59 Å². The minimum atomic E-state index is -0.158. The Morgan fingerprint density at radius 1 is 1.50 bits per heavy atom. The molecule has 14 heavy (non-hydrogen) atoms. The Bertz CT molecular complexity index is 407. The molecular weight excluding hydrogens is 180 g/mol. The third kappa shape index (κ3) is 2.06. The van der Waals surface area contributed by atoms with Crippen LogP contribution in [0.1, 0.15) is 15.9 Å². The van der Waals surface area contributed by atoms with E-state index < -0.39 is 0 Å². The van der Waals surface area contributed by atoms with Crippen LogP contribution in [-0.4, -0.2) is 19.0 Å². The molecule has 0 unspecified atom stereocenters. The molecule has 0 aromatic heterocycles. The minimum Gasteiger partial charge on any atom is -0.355 e. The number of carbonyl (C=O) groups is 1. The fourth-order valence-electron chi connectivity index (χ4n) is 1.12. The fourth-order valence-corrected chi connectivity index (χ4v) is 1.12. The smallest absolute Gasteiger partial charge is 0.251 e. The lowest BCUT2D eigenvalue weighted by atomic mass is 10.1. The first-order chi connectivity index (χ1) is 6.69. The Labute approximate surface area is 81.7 Å². The predicted octanol–water partition coefficient (Wildman–Crippen LogP) is 1.32. The molecule has 0 aliphatic rings. The molecule has 1 rings (SSSR count). The lowest BCUT2D eigenvalue weighted by molar-refractivity contribution is 0.0963. The number of benzene rings is 1. The van der Waals surface area contributed by atoms with Crippen LogP contribution >= 0.6 is 0 Å². The van der Waals surface area contributed by atoms with Gasteiger partial charge in [-0.3, -0.25) is 4.79 Å². The van der Waals surface area contributed by atoms with Crippen LogP contribution in [0.2, 0.25) is 0 Å². The SMILES string of the molecule is CNC(=O)c1ccc(N=C=O)c(C)c1. The quantitative estimate of drug-likeness (QED) is 0.564. The number of isocyanates is 1. The first kappa shape index (κ1) is 10.2. The van der Waals surface area contributed by atoms with Crippen molar-refractivity contribution in [3.05, 3.63) is 29.3 Å². The number of amides is 1. The maximum atomic E-state index is 11.2.